The van der Waals surface area contributed by atoms with Gasteiger partial charge in [-0.05, 0) is 59.5 Å². The Labute approximate surface area is 156 Å². The molecule has 0 saturated carbocycles. The quantitative estimate of drug-likeness (QED) is 0.411. The molecule has 3 aromatic carbocycles. The third-order valence-corrected chi connectivity index (χ3v) is 4.08. The van der Waals surface area contributed by atoms with Gasteiger partial charge in [-0.2, -0.15) is 8.78 Å². The van der Waals surface area contributed by atoms with Gasteiger partial charge in [0.05, 0.1) is 5.56 Å². The van der Waals surface area contributed by atoms with E-state index in [1.807, 2.05) is 12.1 Å². The van der Waals surface area contributed by atoms with Crippen LogP contribution in [0.5, 0.6) is 11.5 Å². The van der Waals surface area contributed by atoms with Crippen LogP contribution >= 0.6 is 0 Å². The van der Waals surface area contributed by atoms with E-state index in [9.17, 15) is 13.6 Å². The lowest BCUT2D eigenvalue weighted by Crippen LogP contribution is -2.08. The SMILES string of the molecule is CCc1ccc(-c2ccc(OC(=O)c3ccc(OC(F)F)cc3)cc2)cc1. The molecular weight excluding hydrogens is 350 g/mol. The summed E-state index contributed by atoms with van der Waals surface area (Å²) in [6.07, 6.45) is 0.990. The predicted molar refractivity (Wildman–Crippen MR) is 99.3 cm³/mol. The summed E-state index contributed by atoms with van der Waals surface area (Å²) in [5.74, 6) is -0.180. The van der Waals surface area contributed by atoms with Crippen molar-refractivity contribution in [3.63, 3.8) is 0 Å². The Morgan fingerprint density at radius 1 is 0.815 bits per heavy atom. The molecule has 0 aliphatic heterocycles. The lowest BCUT2D eigenvalue weighted by atomic mass is 10.0. The van der Waals surface area contributed by atoms with Crippen LogP contribution in [-0.4, -0.2) is 12.6 Å². The molecule has 0 radical (unpaired) electrons. The molecule has 27 heavy (non-hydrogen) atoms. The van der Waals surface area contributed by atoms with Gasteiger partial charge in [-0.3, -0.25) is 0 Å². The molecule has 0 amide bonds. The summed E-state index contributed by atoms with van der Waals surface area (Å²) >= 11 is 0. The lowest BCUT2D eigenvalue weighted by Gasteiger charge is -2.08. The van der Waals surface area contributed by atoms with Crippen molar-refractivity contribution in [3.05, 3.63) is 83.9 Å². The molecule has 0 atom stereocenters. The number of hydrogen-bond acceptors (Lipinski definition) is 3. The average molecular weight is 368 g/mol. The van der Waals surface area contributed by atoms with Gasteiger partial charge in [-0.25, -0.2) is 4.79 Å². The molecule has 0 aromatic heterocycles. The maximum absolute atomic E-state index is 12.2. The van der Waals surface area contributed by atoms with Crippen molar-refractivity contribution >= 4 is 5.97 Å². The van der Waals surface area contributed by atoms with Gasteiger partial charge in [-0.1, -0.05) is 43.3 Å². The molecular formula is C22H18F2O3. The van der Waals surface area contributed by atoms with Crippen LogP contribution in [0.2, 0.25) is 0 Å². The molecule has 3 aromatic rings. The highest BCUT2D eigenvalue weighted by molar-refractivity contribution is 5.91. The number of alkyl halides is 2. The first-order chi connectivity index (χ1) is 13.0. The van der Waals surface area contributed by atoms with Crippen LogP contribution in [0.3, 0.4) is 0 Å². The fraction of sp³-hybridized carbons (Fsp3) is 0.136. The molecule has 0 heterocycles. The molecule has 0 N–H and O–H groups in total. The van der Waals surface area contributed by atoms with Gasteiger partial charge in [0, 0.05) is 0 Å². The highest BCUT2D eigenvalue weighted by atomic mass is 19.3. The molecule has 0 bridgehead atoms. The number of ether oxygens (including phenoxy) is 2. The Kier molecular flexibility index (Phi) is 5.81. The van der Waals surface area contributed by atoms with Crippen molar-refractivity contribution in [2.24, 2.45) is 0 Å². The number of esters is 1. The van der Waals surface area contributed by atoms with Crippen LogP contribution in [0.15, 0.2) is 72.8 Å². The molecule has 138 valence electrons. The minimum atomic E-state index is -2.90. The van der Waals surface area contributed by atoms with Gasteiger partial charge in [0.1, 0.15) is 11.5 Å². The van der Waals surface area contributed by atoms with Crippen LogP contribution in [0, 0.1) is 0 Å². The van der Waals surface area contributed by atoms with E-state index < -0.39 is 12.6 Å². The van der Waals surface area contributed by atoms with Gasteiger partial charge in [0.15, 0.2) is 0 Å². The maximum Gasteiger partial charge on any atom is 0.387 e. The van der Waals surface area contributed by atoms with Crippen LogP contribution < -0.4 is 9.47 Å². The molecule has 0 spiro atoms. The predicted octanol–water partition coefficient (Wildman–Crippen LogP) is 5.74. The van der Waals surface area contributed by atoms with Crippen LogP contribution in [0.25, 0.3) is 11.1 Å². The minimum Gasteiger partial charge on any atom is -0.435 e. The van der Waals surface area contributed by atoms with Crippen LogP contribution in [0.4, 0.5) is 8.78 Å². The first-order valence-corrected chi connectivity index (χ1v) is 8.51. The smallest absolute Gasteiger partial charge is 0.387 e. The van der Waals surface area contributed by atoms with Crippen LogP contribution in [0.1, 0.15) is 22.8 Å². The fourth-order valence-electron chi connectivity index (χ4n) is 2.59. The standard InChI is InChI=1S/C22H18F2O3/c1-2-15-3-5-16(6-4-15)17-7-11-19(12-8-17)26-21(25)18-9-13-20(14-10-18)27-22(23)24/h3-14,22H,2H2,1H3. The fourth-order valence-corrected chi connectivity index (χ4v) is 2.59. The number of carbonyl (C=O) groups excluding carboxylic acids is 1. The van der Waals surface area contributed by atoms with Crippen molar-refractivity contribution in [1.82, 2.24) is 0 Å². The van der Waals surface area contributed by atoms with E-state index in [1.54, 1.807) is 12.1 Å². The topological polar surface area (TPSA) is 35.5 Å². The summed E-state index contributed by atoms with van der Waals surface area (Å²) in [4.78, 5) is 12.2. The second kappa shape index (κ2) is 8.45. The van der Waals surface area contributed by atoms with Crippen molar-refractivity contribution < 1.29 is 23.0 Å². The summed E-state index contributed by atoms with van der Waals surface area (Å²) in [6.45, 7) is -0.795. The lowest BCUT2D eigenvalue weighted by molar-refractivity contribution is -0.0498. The van der Waals surface area contributed by atoms with Gasteiger partial charge < -0.3 is 9.47 Å². The largest absolute Gasteiger partial charge is 0.435 e. The van der Waals surface area contributed by atoms with E-state index in [0.29, 0.717) is 5.75 Å². The van der Waals surface area contributed by atoms with Gasteiger partial charge in [-0.15, -0.1) is 0 Å². The summed E-state index contributed by atoms with van der Waals surface area (Å²) in [5.41, 5.74) is 3.62. The normalized spacial score (nSPS) is 10.7. The number of rotatable bonds is 6. The first-order valence-electron chi connectivity index (χ1n) is 8.51. The Morgan fingerprint density at radius 3 is 1.85 bits per heavy atom. The Morgan fingerprint density at radius 2 is 1.33 bits per heavy atom. The second-order valence-electron chi connectivity index (χ2n) is 5.87. The highest BCUT2D eigenvalue weighted by Crippen LogP contribution is 2.24. The van der Waals surface area contributed by atoms with E-state index in [1.165, 1.54) is 29.8 Å². The zero-order valence-corrected chi connectivity index (χ0v) is 14.7. The first kappa shape index (κ1) is 18.6. The van der Waals surface area contributed by atoms with E-state index in [2.05, 4.69) is 35.9 Å². The molecule has 3 nitrogen and oxygen atoms in total. The van der Waals surface area contributed by atoms with E-state index in [-0.39, 0.29) is 11.3 Å². The second-order valence-corrected chi connectivity index (χ2v) is 5.87. The van der Waals surface area contributed by atoms with E-state index >= 15 is 0 Å². The highest BCUT2D eigenvalue weighted by Gasteiger charge is 2.10. The monoisotopic (exact) mass is 368 g/mol. The Hall–Kier alpha value is -3.21. The maximum atomic E-state index is 12.2. The van der Waals surface area contributed by atoms with E-state index in [0.717, 1.165) is 17.5 Å². The average Bonchev–Trinajstić information content (AvgIpc) is 2.69. The number of halogens is 2. The Balaban J connectivity index is 1.65. The van der Waals surface area contributed by atoms with Gasteiger partial charge in [0.25, 0.3) is 0 Å². The van der Waals surface area contributed by atoms with Crippen molar-refractivity contribution in [1.29, 1.82) is 0 Å². The molecule has 0 aliphatic carbocycles. The van der Waals surface area contributed by atoms with Crippen molar-refractivity contribution in [3.8, 4) is 22.6 Å². The van der Waals surface area contributed by atoms with Crippen molar-refractivity contribution in [2.75, 3.05) is 0 Å². The van der Waals surface area contributed by atoms with Gasteiger partial charge >= 0.3 is 12.6 Å². The summed E-state index contributed by atoms with van der Waals surface area (Å²) < 4.78 is 33.9. The molecule has 3 rings (SSSR count). The molecule has 0 unspecified atom stereocenters. The molecule has 5 heteroatoms. The number of carbonyl (C=O) groups is 1. The summed E-state index contributed by atoms with van der Waals surface area (Å²) in [7, 11) is 0. The number of aryl methyl sites for hydroxylation is 1. The summed E-state index contributed by atoms with van der Waals surface area (Å²) in [6, 6.07) is 20.8. The van der Waals surface area contributed by atoms with Crippen molar-refractivity contribution in [2.45, 2.75) is 20.0 Å². The third-order valence-electron chi connectivity index (χ3n) is 4.08. The van der Waals surface area contributed by atoms with Crippen LogP contribution in [-0.2, 0) is 6.42 Å². The number of benzene rings is 3. The molecule has 0 aliphatic rings. The Bertz CT molecular complexity index is 886. The molecule has 0 fully saturated rings. The van der Waals surface area contributed by atoms with E-state index in [4.69, 9.17) is 4.74 Å². The summed E-state index contributed by atoms with van der Waals surface area (Å²) in [5, 5.41) is 0. The third kappa shape index (κ3) is 4.91. The van der Waals surface area contributed by atoms with Gasteiger partial charge in [0.2, 0.25) is 0 Å². The molecule has 0 saturated heterocycles. The zero-order valence-electron chi connectivity index (χ0n) is 14.7. The minimum absolute atomic E-state index is 0.0139. The number of hydrogen-bond donors (Lipinski definition) is 0. The zero-order chi connectivity index (χ0) is 19.2.